The average molecular weight is 377 g/mol. The van der Waals surface area contributed by atoms with Gasteiger partial charge in [-0.2, -0.15) is 16.4 Å². The molecule has 6 nitrogen and oxygen atoms in total. The van der Waals surface area contributed by atoms with Gasteiger partial charge in [0, 0.05) is 25.4 Å². The summed E-state index contributed by atoms with van der Waals surface area (Å²) in [6.45, 7) is 1.56. The van der Waals surface area contributed by atoms with Crippen LogP contribution in [0.25, 0.3) is 5.69 Å². The van der Waals surface area contributed by atoms with Crippen LogP contribution < -0.4 is 4.72 Å². The number of hydrogen-bond acceptors (Lipinski definition) is 5. The van der Waals surface area contributed by atoms with Gasteiger partial charge in [-0.1, -0.05) is 0 Å². The van der Waals surface area contributed by atoms with E-state index >= 15 is 0 Å². The van der Waals surface area contributed by atoms with E-state index in [1.807, 2.05) is 16.8 Å². The van der Waals surface area contributed by atoms with Crippen molar-refractivity contribution < 1.29 is 13.5 Å². The fourth-order valence-electron chi connectivity index (χ4n) is 2.43. The van der Waals surface area contributed by atoms with E-state index in [4.69, 9.17) is 0 Å². The monoisotopic (exact) mass is 377 g/mol. The van der Waals surface area contributed by atoms with E-state index in [-0.39, 0.29) is 11.4 Å². The van der Waals surface area contributed by atoms with Crippen molar-refractivity contribution in [3.63, 3.8) is 0 Å². The summed E-state index contributed by atoms with van der Waals surface area (Å²) < 4.78 is 29.0. The molecule has 0 aliphatic heterocycles. The lowest BCUT2D eigenvalue weighted by atomic mass is 9.99. The lowest BCUT2D eigenvalue weighted by Gasteiger charge is -2.23. The SMILES string of the molecule is CC(O)(CNS(=O)(=O)c1ccc(-n2cccn2)cc1)Cc1ccsc1. The van der Waals surface area contributed by atoms with Crippen LogP contribution >= 0.6 is 11.3 Å². The first-order valence-electron chi connectivity index (χ1n) is 7.69. The molecule has 0 bridgehead atoms. The van der Waals surface area contributed by atoms with Gasteiger partial charge in [0.15, 0.2) is 0 Å². The first kappa shape index (κ1) is 17.8. The summed E-state index contributed by atoms with van der Waals surface area (Å²) >= 11 is 1.54. The van der Waals surface area contributed by atoms with Gasteiger partial charge in [-0.15, -0.1) is 0 Å². The van der Waals surface area contributed by atoms with Crippen LogP contribution in [0, 0.1) is 0 Å². The Hall–Kier alpha value is -2.00. The highest BCUT2D eigenvalue weighted by Crippen LogP contribution is 2.17. The van der Waals surface area contributed by atoms with E-state index in [0.29, 0.717) is 6.42 Å². The number of nitrogens with zero attached hydrogens (tertiary/aromatic N) is 2. The van der Waals surface area contributed by atoms with Gasteiger partial charge in [0.25, 0.3) is 0 Å². The molecule has 1 unspecified atom stereocenters. The Morgan fingerprint density at radius 3 is 2.64 bits per heavy atom. The zero-order valence-corrected chi connectivity index (χ0v) is 15.3. The van der Waals surface area contributed by atoms with Crippen LogP contribution in [0.15, 0.2) is 64.4 Å². The Morgan fingerprint density at radius 2 is 2.04 bits per heavy atom. The third-order valence-corrected chi connectivity index (χ3v) is 5.87. The molecule has 2 aromatic heterocycles. The van der Waals surface area contributed by atoms with Crippen LogP contribution in [0.5, 0.6) is 0 Å². The molecule has 0 spiro atoms. The summed E-state index contributed by atoms with van der Waals surface area (Å²) in [7, 11) is -3.70. The predicted octanol–water partition coefficient (Wildman–Crippen LogP) is 2.21. The number of nitrogens with one attached hydrogen (secondary N) is 1. The Labute approximate surface area is 150 Å². The van der Waals surface area contributed by atoms with Crippen molar-refractivity contribution in [2.45, 2.75) is 23.8 Å². The Morgan fingerprint density at radius 1 is 1.28 bits per heavy atom. The topological polar surface area (TPSA) is 84.2 Å². The maximum Gasteiger partial charge on any atom is 0.240 e. The third kappa shape index (κ3) is 4.55. The molecule has 0 saturated carbocycles. The van der Waals surface area contributed by atoms with Crippen molar-refractivity contribution in [1.29, 1.82) is 0 Å². The Bertz CT molecular complexity index is 901. The average Bonchev–Trinajstić information content (AvgIpc) is 3.27. The lowest BCUT2D eigenvalue weighted by Crippen LogP contribution is -2.42. The first-order chi connectivity index (χ1) is 11.9. The number of benzene rings is 1. The van der Waals surface area contributed by atoms with Crippen LogP contribution in [0.4, 0.5) is 0 Å². The molecule has 2 N–H and O–H groups in total. The van der Waals surface area contributed by atoms with Gasteiger partial charge < -0.3 is 5.11 Å². The first-order valence-corrected chi connectivity index (χ1v) is 10.1. The highest BCUT2D eigenvalue weighted by molar-refractivity contribution is 7.89. The number of aliphatic hydroxyl groups is 1. The molecule has 3 aromatic rings. The Kier molecular flexibility index (Phi) is 5.05. The molecule has 0 aliphatic rings. The molecule has 0 fully saturated rings. The van der Waals surface area contributed by atoms with Crippen molar-refractivity contribution in [3.8, 4) is 5.69 Å². The minimum Gasteiger partial charge on any atom is -0.388 e. The summed E-state index contributed by atoms with van der Waals surface area (Å²) in [5.41, 5.74) is 0.592. The molecule has 0 amide bonds. The number of aromatic nitrogens is 2. The molecule has 0 radical (unpaired) electrons. The maximum atomic E-state index is 12.4. The summed E-state index contributed by atoms with van der Waals surface area (Å²) in [5.74, 6) is 0. The lowest BCUT2D eigenvalue weighted by molar-refractivity contribution is 0.0658. The molecule has 2 heterocycles. The van der Waals surface area contributed by atoms with Gasteiger partial charge in [0.2, 0.25) is 10.0 Å². The van der Waals surface area contributed by atoms with E-state index in [0.717, 1.165) is 11.3 Å². The number of hydrogen-bond donors (Lipinski definition) is 2. The molecule has 1 atom stereocenters. The van der Waals surface area contributed by atoms with Crippen molar-refractivity contribution >= 4 is 21.4 Å². The van der Waals surface area contributed by atoms with E-state index < -0.39 is 15.6 Å². The fraction of sp³-hybridized carbons (Fsp3) is 0.235. The van der Waals surface area contributed by atoms with Gasteiger partial charge in [0.05, 0.1) is 16.2 Å². The highest BCUT2D eigenvalue weighted by Gasteiger charge is 2.25. The van der Waals surface area contributed by atoms with E-state index in [1.165, 1.54) is 12.1 Å². The molecule has 8 heteroatoms. The molecule has 0 aliphatic carbocycles. The van der Waals surface area contributed by atoms with Gasteiger partial charge in [-0.25, -0.2) is 17.8 Å². The maximum absolute atomic E-state index is 12.4. The fourth-order valence-corrected chi connectivity index (χ4v) is 4.26. The largest absolute Gasteiger partial charge is 0.388 e. The molecule has 25 heavy (non-hydrogen) atoms. The second-order valence-electron chi connectivity index (χ2n) is 6.07. The van der Waals surface area contributed by atoms with Crippen molar-refractivity contribution in [2.24, 2.45) is 0 Å². The molecule has 0 saturated heterocycles. The molecular weight excluding hydrogens is 358 g/mol. The predicted molar refractivity (Wildman–Crippen MR) is 97.4 cm³/mol. The standard InChI is InChI=1S/C17H19N3O3S2/c1-17(21,11-14-7-10-24-12-14)13-19-25(22,23)16-5-3-15(4-6-16)20-9-2-8-18-20/h2-10,12,19,21H,11,13H2,1H3. The smallest absolute Gasteiger partial charge is 0.240 e. The van der Waals surface area contributed by atoms with Crippen molar-refractivity contribution in [3.05, 3.63) is 65.1 Å². The molecule has 132 valence electrons. The zero-order chi connectivity index (χ0) is 17.9. The van der Waals surface area contributed by atoms with Crippen molar-refractivity contribution in [1.82, 2.24) is 14.5 Å². The number of rotatable bonds is 7. The Balaban J connectivity index is 1.67. The second-order valence-corrected chi connectivity index (χ2v) is 8.62. The highest BCUT2D eigenvalue weighted by atomic mass is 32.2. The van der Waals surface area contributed by atoms with Gasteiger partial charge in [0.1, 0.15) is 0 Å². The van der Waals surface area contributed by atoms with Crippen LogP contribution in [-0.4, -0.2) is 35.5 Å². The van der Waals surface area contributed by atoms with Gasteiger partial charge >= 0.3 is 0 Å². The van der Waals surface area contributed by atoms with Crippen LogP contribution in [0.3, 0.4) is 0 Å². The number of thiophene rings is 1. The summed E-state index contributed by atoms with van der Waals surface area (Å²) in [5, 5.41) is 18.4. The zero-order valence-electron chi connectivity index (χ0n) is 13.7. The normalized spacial score (nSPS) is 14.3. The third-order valence-electron chi connectivity index (χ3n) is 3.72. The summed E-state index contributed by atoms with van der Waals surface area (Å²) in [4.78, 5) is 0.148. The summed E-state index contributed by atoms with van der Waals surface area (Å²) in [6.07, 6.45) is 3.82. The van der Waals surface area contributed by atoms with E-state index in [2.05, 4.69) is 9.82 Å². The summed E-state index contributed by atoms with van der Waals surface area (Å²) in [6, 6.07) is 10.1. The van der Waals surface area contributed by atoms with E-state index in [9.17, 15) is 13.5 Å². The minimum atomic E-state index is -3.70. The molecular formula is C17H19N3O3S2. The van der Waals surface area contributed by atoms with Gasteiger partial charge in [-0.05, 0) is 59.6 Å². The van der Waals surface area contributed by atoms with Crippen LogP contribution in [0.1, 0.15) is 12.5 Å². The second kappa shape index (κ2) is 7.09. The number of sulfonamides is 1. The van der Waals surface area contributed by atoms with Crippen molar-refractivity contribution in [2.75, 3.05) is 6.54 Å². The minimum absolute atomic E-state index is 0.0634. The quantitative estimate of drug-likeness (QED) is 0.661. The van der Waals surface area contributed by atoms with Crippen LogP contribution in [-0.2, 0) is 16.4 Å². The molecule has 1 aromatic carbocycles. The van der Waals surface area contributed by atoms with Crippen LogP contribution in [0.2, 0.25) is 0 Å². The molecule has 3 rings (SSSR count). The van der Waals surface area contributed by atoms with E-state index in [1.54, 1.807) is 53.5 Å². The van der Waals surface area contributed by atoms with Gasteiger partial charge in [-0.3, -0.25) is 0 Å².